The van der Waals surface area contributed by atoms with Gasteiger partial charge in [0.25, 0.3) is 0 Å². The summed E-state index contributed by atoms with van der Waals surface area (Å²) >= 11 is 4.35. The molecule has 18 heavy (non-hydrogen) atoms. The van der Waals surface area contributed by atoms with Crippen molar-refractivity contribution in [3.05, 3.63) is 24.0 Å². The van der Waals surface area contributed by atoms with Crippen molar-refractivity contribution in [1.29, 1.82) is 0 Å². The summed E-state index contributed by atoms with van der Waals surface area (Å²) in [6, 6.07) is 6.13. The van der Waals surface area contributed by atoms with E-state index < -0.39 is 0 Å². The monoisotopic (exact) mass is 264 g/mol. The van der Waals surface area contributed by atoms with Crippen molar-refractivity contribution in [3.8, 4) is 5.75 Å². The Morgan fingerprint density at radius 3 is 2.78 bits per heavy atom. The normalized spacial score (nSPS) is 11.1. The first-order chi connectivity index (χ1) is 8.80. The van der Waals surface area contributed by atoms with E-state index in [0.717, 1.165) is 43.1 Å². The lowest BCUT2D eigenvalue weighted by Gasteiger charge is -2.06. The second-order valence-corrected chi connectivity index (χ2v) is 4.65. The Balaban J connectivity index is 2.38. The quantitative estimate of drug-likeness (QED) is 0.806. The average molecular weight is 264 g/mol. The highest BCUT2D eigenvalue weighted by molar-refractivity contribution is 7.79. The molecule has 0 aliphatic carbocycles. The third-order valence-electron chi connectivity index (χ3n) is 2.86. The highest BCUT2D eigenvalue weighted by Gasteiger charge is 2.09. The van der Waals surface area contributed by atoms with Crippen molar-refractivity contribution in [3.63, 3.8) is 0 Å². The second-order valence-electron chi connectivity index (χ2n) is 4.34. The molecule has 1 heterocycles. The molecule has 0 radical (unpaired) electrons. The van der Waals surface area contributed by atoms with Gasteiger partial charge in [0.1, 0.15) is 11.6 Å². The molecular weight excluding hydrogens is 244 g/mol. The van der Waals surface area contributed by atoms with Crippen LogP contribution in [0.2, 0.25) is 0 Å². The largest absolute Gasteiger partial charge is 0.494 e. The second kappa shape index (κ2) is 6.14. The van der Waals surface area contributed by atoms with Crippen LogP contribution >= 0.6 is 12.6 Å². The molecule has 0 spiro atoms. The van der Waals surface area contributed by atoms with E-state index in [1.807, 2.05) is 12.1 Å². The van der Waals surface area contributed by atoms with Gasteiger partial charge in [-0.15, -0.1) is 0 Å². The van der Waals surface area contributed by atoms with Crippen LogP contribution in [-0.2, 0) is 12.3 Å². The number of aromatic nitrogens is 2. The van der Waals surface area contributed by atoms with Crippen LogP contribution in [0, 0.1) is 0 Å². The van der Waals surface area contributed by atoms with E-state index in [4.69, 9.17) is 4.74 Å². The molecule has 0 aliphatic heterocycles. The van der Waals surface area contributed by atoms with Crippen LogP contribution in [0.15, 0.2) is 18.2 Å². The van der Waals surface area contributed by atoms with Crippen LogP contribution in [0.3, 0.4) is 0 Å². The number of hydrogen-bond acceptors (Lipinski definition) is 3. The molecule has 2 rings (SSSR count). The number of hydrogen-bond donors (Lipinski definition) is 1. The SMILES string of the molecule is CCCOc1ccc2c(c1)nc(CS)n2CCC. The summed E-state index contributed by atoms with van der Waals surface area (Å²) in [6.07, 6.45) is 2.12. The molecule has 0 bridgehead atoms. The van der Waals surface area contributed by atoms with Crippen molar-refractivity contribution < 1.29 is 4.74 Å². The number of fused-ring (bicyclic) bond motifs is 1. The van der Waals surface area contributed by atoms with Crippen LogP contribution in [0.1, 0.15) is 32.5 Å². The summed E-state index contributed by atoms with van der Waals surface area (Å²) in [4.78, 5) is 4.63. The number of aryl methyl sites for hydroxylation is 1. The number of rotatable bonds is 6. The fourth-order valence-electron chi connectivity index (χ4n) is 2.06. The highest BCUT2D eigenvalue weighted by atomic mass is 32.1. The van der Waals surface area contributed by atoms with E-state index in [2.05, 4.69) is 42.1 Å². The summed E-state index contributed by atoms with van der Waals surface area (Å²) in [6.45, 7) is 6.02. The Bertz CT molecular complexity index is 522. The molecule has 0 fully saturated rings. The molecule has 0 amide bonds. The van der Waals surface area contributed by atoms with Crippen molar-refractivity contribution in [1.82, 2.24) is 9.55 Å². The third-order valence-corrected chi connectivity index (χ3v) is 3.14. The van der Waals surface area contributed by atoms with Gasteiger partial charge in [-0.2, -0.15) is 12.6 Å². The van der Waals surface area contributed by atoms with Gasteiger partial charge in [-0.05, 0) is 25.0 Å². The molecule has 98 valence electrons. The van der Waals surface area contributed by atoms with E-state index in [1.165, 1.54) is 5.52 Å². The molecule has 4 heteroatoms. The molecule has 0 saturated heterocycles. The van der Waals surface area contributed by atoms with Gasteiger partial charge in [0.2, 0.25) is 0 Å². The van der Waals surface area contributed by atoms with Crippen LogP contribution < -0.4 is 4.74 Å². The fourth-order valence-corrected chi connectivity index (χ4v) is 2.30. The lowest BCUT2D eigenvalue weighted by atomic mass is 10.3. The lowest BCUT2D eigenvalue weighted by molar-refractivity contribution is 0.318. The van der Waals surface area contributed by atoms with Gasteiger partial charge < -0.3 is 9.30 Å². The first-order valence-electron chi connectivity index (χ1n) is 6.53. The summed E-state index contributed by atoms with van der Waals surface area (Å²) in [5.41, 5.74) is 2.17. The molecule has 2 aromatic rings. The van der Waals surface area contributed by atoms with Crippen LogP contribution in [0.4, 0.5) is 0 Å². The Hall–Kier alpha value is -1.16. The zero-order chi connectivity index (χ0) is 13.0. The van der Waals surface area contributed by atoms with Gasteiger partial charge in [-0.1, -0.05) is 13.8 Å². The Morgan fingerprint density at radius 1 is 1.28 bits per heavy atom. The Morgan fingerprint density at radius 2 is 2.11 bits per heavy atom. The maximum Gasteiger partial charge on any atom is 0.121 e. The van der Waals surface area contributed by atoms with Gasteiger partial charge in [-0.25, -0.2) is 4.98 Å². The zero-order valence-corrected chi connectivity index (χ0v) is 11.9. The predicted octanol–water partition coefficient (Wildman–Crippen LogP) is 3.66. The van der Waals surface area contributed by atoms with Crippen molar-refractivity contribution in [2.45, 2.75) is 39.0 Å². The first kappa shape index (κ1) is 13.3. The van der Waals surface area contributed by atoms with Crippen molar-refractivity contribution >= 4 is 23.7 Å². The van der Waals surface area contributed by atoms with Crippen LogP contribution in [-0.4, -0.2) is 16.2 Å². The number of ether oxygens (including phenoxy) is 1. The average Bonchev–Trinajstić information content (AvgIpc) is 2.74. The van der Waals surface area contributed by atoms with Crippen molar-refractivity contribution in [2.24, 2.45) is 0 Å². The smallest absolute Gasteiger partial charge is 0.121 e. The maximum absolute atomic E-state index is 5.64. The fraction of sp³-hybridized carbons (Fsp3) is 0.500. The topological polar surface area (TPSA) is 27.1 Å². The predicted molar refractivity (Wildman–Crippen MR) is 78.5 cm³/mol. The molecule has 0 unspecified atom stereocenters. The van der Waals surface area contributed by atoms with Crippen molar-refractivity contribution in [2.75, 3.05) is 6.61 Å². The van der Waals surface area contributed by atoms with Gasteiger partial charge in [0.15, 0.2) is 0 Å². The van der Waals surface area contributed by atoms with Gasteiger partial charge in [-0.3, -0.25) is 0 Å². The molecule has 0 atom stereocenters. The number of thiol groups is 1. The molecule has 0 aliphatic rings. The number of benzene rings is 1. The summed E-state index contributed by atoms with van der Waals surface area (Å²) in [7, 11) is 0. The molecular formula is C14H20N2OS. The molecule has 3 nitrogen and oxygen atoms in total. The summed E-state index contributed by atoms with van der Waals surface area (Å²) < 4.78 is 7.88. The molecule has 1 aromatic heterocycles. The van der Waals surface area contributed by atoms with Crippen LogP contribution in [0.25, 0.3) is 11.0 Å². The van der Waals surface area contributed by atoms with E-state index in [1.54, 1.807) is 0 Å². The van der Waals surface area contributed by atoms with E-state index in [9.17, 15) is 0 Å². The Labute approximate surface area is 114 Å². The van der Waals surface area contributed by atoms with Gasteiger partial charge in [0, 0.05) is 18.4 Å². The first-order valence-corrected chi connectivity index (χ1v) is 7.16. The van der Waals surface area contributed by atoms with E-state index in [0.29, 0.717) is 5.75 Å². The number of imidazole rings is 1. The third kappa shape index (κ3) is 2.64. The number of nitrogens with zero attached hydrogens (tertiary/aromatic N) is 2. The zero-order valence-electron chi connectivity index (χ0n) is 11.0. The van der Waals surface area contributed by atoms with Crippen LogP contribution in [0.5, 0.6) is 5.75 Å². The lowest BCUT2D eigenvalue weighted by Crippen LogP contribution is -2.01. The standard InChI is InChI=1S/C14H20N2OS/c1-3-7-16-13-6-5-11(17-8-4-2)9-12(13)15-14(16)10-18/h5-6,9,18H,3-4,7-8,10H2,1-2H3. The molecule has 0 N–H and O–H groups in total. The minimum Gasteiger partial charge on any atom is -0.494 e. The van der Waals surface area contributed by atoms with Gasteiger partial charge >= 0.3 is 0 Å². The summed E-state index contributed by atoms with van der Waals surface area (Å²) in [5, 5.41) is 0. The Kier molecular flexibility index (Phi) is 4.53. The molecule has 1 aromatic carbocycles. The minimum absolute atomic E-state index is 0.666. The maximum atomic E-state index is 5.64. The molecule has 0 saturated carbocycles. The van der Waals surface area contributed by atoms with E-state index >= 15 is 0 Å². The highest BCUT2D eigenvalue weighted by Crippen LogP contribution is 2.23. The van der Waals surface area contributed by atoms with Gasteiger partial charge in [0.05, 0.1) is 17.6 Å². The van der Waals surface area contributed by atoms with E-state index in [-0.39, 0.29) is 0 Å². The minimum atomic E-state index is 0.666. The summed E-state index contributed by atoms with van der Waals surface area (Å²) in [5.74, 6) is 2.60.